The van der Waals surface area contributed by atoms with Crippen LogP contribution < -0.4 is 10.0 Å². The Balaban J connectivity index is 1.59. The van der Waals surface area contributed by atoms with E-state index in [1.54, 1.807) is 36.4 Å². The number of carbonyl (C=O) groups excluding carboxylic acids is 1. The Morgan fingerprint density at radius 1 is 0.909 bits per heavy atom. The number of halogens is 4. The zero-order valence-electron chi connectivity index (χ0n) is 17.4. The van der Waals surface area contributed by atoms with Gasteiger partial charge in [0.25, 0.3) is 10.0 Å². The molecule has 10 heteroatoms. The maximum atomic E-state index is 13.3. The molecular weight excluding hydrogens is 460 g/mol. The van der Waals surface area contributed by atoms with E-state index in [0.29, 0.717) is 23.4 Å². The number of benzene rings is 3. The Morgan fingerprint density at radius 3 is 2.12 bits per heavy atom. The smallest absolute Gasteiger partial charge is 0.326 e. The van der Waals surface area contributed by atoms with Crippen molar-refractivity contribution in [3.05, 3.63) is 89.2 Å². The normalized spacial score (nSPS) is 11.8. The van der Waals surface area contributed by atoms with Gasteiger partial charge in [0.1, 0.15) is 5.82 Å². The summed E-state index contributed by atoms with van der Waals surface area (Å²) in [6.07, 6.45) is -4.71. The lowest BCUT2D eigenvalue weighted by Crippen LogP contribution is -2.15. The molecule has 0 saturated heterocycles. The van der Waals surface area contributed by atoms with Crippen molar-refractivity contribution >= 4 is 27.3 Å². The summed E-state index contributed by atoms with van der Waals surface area (Å²) in [5.74, 6) is -1.99. The van der Waals surface area contributed by atoms with Gasteiger partial charge in [0.15, 0.2) is 0 Å². The van der Waals surface area contributed by atoms with Gasteiger partial charge in [0.2, 0.25) is 5.91 Å². The first-order valence-corrected chi connectivity index (χ1v) is 11.3. The fraction of sp³-hybridized carbons (Fsp3) is 0.174. The van der Waals surface area contributed by atoms with Crippen LogP contribution in [0.3, 0.4) is 0 Å². The topological polar surface area (TPSA) is 75.3 Å². The molecular formula is C23H20F4N2O3S. The molecule has 0 aliphatic carbocycles. The molecule has 3 aromatic carbocycles. The summed E-state index contributed by atoms with van der Waals surface area (Å²) in [4.78, 5) is 12.1. The van der Waals surface area contributed by atoms with Crippen LogP contribution in [-0.2, 0) is 27.4 Å². The molecule has 3 rings (SSSR count). The van der Waals surface area contributed by atoms with Crippen LogP contribution in [0, 0.1) is 12.7 Å². The average molecular weight is 480 g/mol. The molecule has 0 fully saturated rings. The molecule has 0 saturated carbocycles. The fourth-order valence-electron chi connectivity index (χ4n) is 2.97. The minimum Gasteiger partial charge on any atom is -0.326 e. The summed E-state index contributed by atoms with van der Waals surface area (Å²) < 4.78 is 79.2. The van der Waals surface area contributed by atoms with Gasteiger partial charge in [-0.05, 0) is 61.4 Å². The lowest BCUT2D eigenvalue weighted by atomic mass is 10.1. The zero-order chi connectivity index (χ0) is 24.2. The van der Waals surface area contributed by atoms with Crippen LogP contribution in [0.1, 0.15) is 23.1 Å². The van der Waals surface area contributed by atoms with E-state index in [0.717, 1.165) is 11.6 Å². The number of rotatable bonds is 7. The van der Waals surface area contributed by atoms with E-state index in [2.05, 4.69) is 10.0 Å². The number of hydrogen-bond acceptors (Lipinski definition) is 3. The van der Waals surface area contributed by atoms with Gasteiger partial charge in [-0.1, -0.05) is 29.8 Å². The monoisotopic (exact) mass is 480 g/mol. The minimum absolute atomic E-state index is 0.0438. The summed E-state index contributed by atoms with van der Waals surface area (Å²) in [7, 11) is -3.79. The second-order valence-electron chi connectivity index (χ2n) is 7.36. The predicted molar refractivity (Wildman–Crippen MR) is 117 cm³/mol. The van der Waals surface area contributed by atoms with Gasteiger partial charge < -0.3 is 5.32 Å². The molecule has 0 spiro atoms. The molecule has 33 heavy (non-hydrogen) atoms. The van der Waals surface area contributed by atoms with E-state index in [-0.39, 0.29) is 23.4 Å². The van der Waals surface area contributed by atoms with Gasteiger partial charge >= 0.3 is 6.18 Å². The van der Waals surface area contributed by atoms with Crippen LogP contribution in [0.25, 0.3) is 0 Å². The van der Waals surface area contributed by atoms with Crippen LogP contribution in [0.4, 0.5) is 28.9 Å². The molecule has 0 aliphatic rings. The molecule has 5 nitrogen and oxygen atoms in total. The summed E-state index contributed by atoms with van der Waals surface area (Å²) in [5, 5.41) is 2.31. The van der Waals surface area contributed by atoms with E-state index in [1.165, 1.54) is 12.1 Å². The van der Waals surface area contributed by atoms with Crippen molar-refractivity contribution in [2.75, 3.05) is 10.0 Å². The number of carbonyl (C=O) groups is 1. The highest BCUT2D eigenvalue weighted by Crippen LogP contribution is 2.33. The van der Waals surface area contributed by atoms with E-state index in [4.69, 9.17) is 0 Å². The predicted octanol–water partition coefficient (Wildman–Crippen LogP) is 5.53. The van der Waals surface area contributed by atoms with Crippen LogP contribution in [0.15, 0.2) is 71.6 Å². The van der Waals surface area contributed by atoms with Gasteiger partial charge in [-0.25, -0.2) is 12.8 Å². The molecule has 0 aromatic heterocycles. The zero-order valence-corrected chi connectivity index (χ0v) is 18.2. The molecule has 0 bridgehead atoms. The maximum absolute atomic E-state index is 13.3. The summed E-state index contributed by atoms with van der Waals surface area (Å²) in [6.45, 7) is 1.89. The molecule has 0 heterocycles. The molecule has 0 radical (unpaired) electrons. The maximum Gasteiger partial charge on any atom is 0.419 e. The second-order valence-corrected chi connectivity index (χ2v) is 9.04. The van der Waals surface area contributed by atoms with Crippen molar-refractivity contribution in [2.24, 2.45) is 0 Å². The third-order valence-corrected chi connectivity index (χ3v) is 6.13. The molecule has 0 atom stereocenters. The van der Waals surface area contributed by atoms with Crippen molar-refractivity contribution in [1.82, 2.24) is 0 Å². The van der Waals surface area contributed by atoms with Gasteiger partial charge in [0.05, 0.1) is 10.5 Å². The SMILES string of the molecule is Cc1ccc(NS(=O)(=O)c2ccc(CCC(=O)Nc3ccc(F)c(C(F)(F)F)c3)cc2)cc1. The summed E-state index contributed by atoms with van der Waals surface area (Å²) >= 11 is 0. The van der Waals surface area contributed by atoms with Crippen molar-refractivity contribution in [1.29, 1.82) is 0 Å². The highest BCUT2D eigenvalue weighted by atomic mass is 32.2. The van der Waals surface area contributed by atoms with Crippen molar-refractivity contribution in [2.45, 2.75) is 30.8 Å². The number of anilines is 2. The van der Waals surface area contributed by atoms with Gasteiger partial charge in [-0.2, -0.15) is 13.2 Å². The quantitative estimate of drug-likeness (QED) is 0.437. The lowest BCUT2D eigenvalue weighted by molar-refractivity contribution is -0.140. The average Bonchev–Trinajstić information content (AvgIpc) is 2.75. The number of nitrogens with one attached hydrogen (secondary N) is 2. The van der Waals surface area contributed by atoms with Crippen LogP contribution in [-0.4, -0.2) is 14.3 Å². The molecule has 3 aromatic rings. The first-order chi connectivity index (χ1) is 15.4. The number of sulfonamides is 1. The molecule has 174 valence electrons. The molecule has 0 unspecified atom stereocenters. The largest absolute Gasteiger partial charge is 0.419 e. The number of amides is 1. The van der Waals surface area contributed by atoms with Crippen molar-refractivity contribution in [3.8, 4) is 0 Å². The highest BCUT2D eigenvalue weighted by molar-refractivity contribution is 7.92. The van der Waals surface area contributed by atoms with E-state index in [1.807, 2.05) is 6.92 Å². The van der Waals surface area contributed by atoms with E-state index >= 15 is 0 Å². The standard InChI is InChI=1S/C23H20F4N2O3S/c1-15-2-7-17(8-3-15)29-33(31,32)19-10-4-16(5-11-19)6-13-22(30)28-18-9-12-21(24)20(14-18)23(25,26)27/h2-5,7-12,14,29H,6,13H2,1H3,(H,28,30). The first-order valence-electron chi connectivity index (χ1n) is 9.79. The first kappa shape index (κ1) is 24.2. The van der Waals surface area contributed by atoms with Crippen molar-refractivity contribution < 1.29 is 30.8 Å². The Bertz CT molecular complexity index is 1240. The third kappa shape index (κ3) is 6.55. The summed E-state index contributed by atoms with van der Waals surface area (Å²) in [5.41, 5.74) is 0.450. The highest BCUT2D eigenvalue weighted by Gasteiger charge is 2.34. The minimum atomic E-state index is -4.87. The van der Waals surface area contributed by atoms with Crippen LogP contribution in [0.5, 0.6) is 0 Å². The van der Waals surface area contributed by atoms with E-state index < -0.39 is 33.5 Å². The van der Waals surface area contributed by atoms with Gasteiger partial charge in [-0.3, -0.25) is 9.52 Å². The number of aryl methyl sites for hydroxylation is 2. The Morgan fingerprint density at radius 2 is 1.52 bits per heavy atom. The molecule has 2 N–H and O–H groups in total. The van der Waals surface area contributed by atoms with Crippen molar-refractivity contribution in [3.63, 3.8) is 0 Å². The molecule has 1 amide bonds. The van der Waals surface area contributed by atoms with Crippen LogP contribution in [0.2, 0.25) is 0 Å². The van der Waals surface area contributed by atoms with Gasteiger partial charge in [-0.15, -0.1) is 0 Å². The fourth-order valence-corrected chi connectivity index (χ4v) is 4.03. The number of hydrogen-bond donors (Lipinski definition) is 2. The third-order valence-electron chi connectivity index (χ3n) is 4.73. The van der Waals surface area contributed by atoms with E-state index in [9.17, 15) is 30.8 Å². The number of alkyl halides is 3. The summed E-state index contributed by atoms with van der Waals surface area (Å²) in [6, 6.07) is 15.0. The Hall–Kier alpha value is -3.40. The second kappa shape index (κ2) is 9.62. The Labute approximate surface area is 188 Å². The molecule has 0 aliphatic heterocycles. The Kier molecular flexibility index (Phi) is 7.06. The van der Waals surface area contributed by atoms with Crippen LogP contribution >= 0.6 is 0 Å². The lowest BCUT2D eigenvalue weighted by Gasteiger charge is -2.11. The van der Waals surface area contributed by atoms with Gasteiger partial charge in [0, 0.05) is 17.8 Å².